The van der Waals surface area contributed by atoms with Crippen molar-refractivity contribution >= 4 is 41.0 Å². The van der Waals surface area contributed by atoms with Crippen molar-refractivity contribution in [1.29, 1.82) is 0 Å². The lowest BCUT2D eigenvalue weighted by Gasteiger charge is -2.32. The Labute approximate surface area is 199 Å². The summed E-state index contributed by atoms with van der Waals surface area (Å²) in [6.45, 7) is 11.3. The van der Waals surface area contributed by atoms with Crippen LogP contribution in [0.2, 0.25) is 0 Å². The number of aryl methyl sites for hydroxylation is 2. The van der Waals surface area contributed by atoms with E-state index in [2.05, 4.69) is 10.4 Å². The lowest BCUT2D eigenvalue weighted by molar-refractivity contribution is -0.152. The average Bonchev–Trinajstić information content (AvgIpc) is 3.22. The number of amides is 1. The van der Waals surface area contributed by atoms with E-state index in [1.54, 1.807) is 30.1 Å². The van der Waals surface area contributed by atoms with E-state index < -0.39 is 36.3 Å². The van der Waals surface area contributed by atoms with E-state index in [4.69, 9.17) is 14.0 Å². The summed E-state index contributed by atoms with van der Waals surface area (Å²) in [6, 6.07) is 11.0. The number of para-hydroxylation sites is 1. The Morgan fingerprint density at radius 1 is 1.12 bits per heavy atom. The number of hydrogen-bond acceptors (Lipinski definition) is 6. The lowest BCUT2D eigenvalue weighted by Crippen LogP contribution is -2.41. The van der Waals surface area contributed by atoms with E-state index >= 15 is 0 Å². The number of rotatable bonds is 5. The number of esters is 1. The minimum Gasteiger partial charge on any atom is -0.447 e. The van der Waals surface area contributed by atoms with Crippen molar-refractivity contribution in [3.63, 3.8) is 0 Å². The number of benzene rings is 2. The zero-order valence-electron chi connectivity index (χ0n) is 20.6. The van der Waals surface area contributed by atoms with Gasteiger partial charge in [0.2, 0.25) is 6.10 Å². The van der Waals surface area contributed by atoms with Crippen LogP contribution in [0.25, 0.3) is 10.9 Å². The number of nitrogens with zero attached hydrogens (tertiary/aromatic N) is 2. The maximum atomic E-state index is 13.3. The van der Waals surface area contributed by atoms with Crippen molar-refractivity contribution < 1.29 is 23.6 Å². The van der Waals surface area contributed by atoms with Crippen LogP contribution in [0, 0.1) is 6.92 Å². The number of hydrogen-bond donors (Lipinski definition) is 1. The standard InChI is InChI=1S/C25H30BN3O5/c1-15-13-18(11-12-20(15)26-33-24(3,4)25(5,6)34-26)28-23(31)22(32-16(2)30)19-10-8-9-17-14-27-29(7)21(17)19/h8-14,22H,1-7H3,(H,28,31). The summed E-state index contributed by atoms with van der Waals surface area (Å²) in [4.78, 5) is 25.1. The van der Waals surface area contributed by atoms with Crippen LogP contribution < -0.4 is 10.8 Å². The van der Waals surface area contributed by atoms with Crippen LogP contribution in [0.4, 0.5) is 5.69 Å². The Kier molecular flexibility index (Phi) is 6.04. The minimum absolute atomic E-state index is 0.443. The van der Waals surface area contributed by atoms with Crippen LogP contribution in [0.15, 0.2) is 42.6 Å². The first-order valence-corrected chi connectivity index (χ1v) is 11.2. The van der Waals surface area contributed by atoms with Crippen molar-refractivity contribution in [2.24, 2.45) is 7.05 Å². The Morgan fingerprint density at radius 2 is 1.79 bits per heavy atom. The van der Waals surface area contributed by atoms with Gasteiger partial charge in [0.15, 0.2) is 0 Å². The third kappa shape index (κ3) is 4.33. The van der Waals surface area contributed by atoms with Gasteiger partial charge in [0.1, 0.15) is 0 Å². The Hall–Kier alpha value is -3.17. The van der Waals surface area contributed by atoms with Gasteiger partial charge in [-0.2, -0.15) is 5.10 Å². The number of carbonyl (C=O) groups is 2. The molecule has 1 amide bonds. The molecule has 178 valence electrons. The number of fused-ring (bicyclic) bond motifs is 1. The van der Waals surface area contributed by atoms with Crippen LogP contribution in [0.1, 0.15) is 51.8 Å². The maximum Gasteiger partial charge on any atom is 0.495 e. The second-order valence-electron chi connectivity index (χ2n) is 9.69. The van der Waals surface area contributed by atoms with E-state index in [0.717, 1.165) is 21.9 Å². The fourth-order valence-electron chi connectivity index (χ4n) is 4.10. The number of anilines is 1. The van der Waals surface area contributed by atoms with Crippen LogP contribution in [-0.4, -0.2) is 40.0 Å². The smallest absolute Gasteiger partial charge is 0.447 e. The van der Waals surface area contributed by atoms with Gasteiger partial charge >= 0.3 is 13.1 Å². The summed E-state index contributed by atoms with van der Waals surface area (Å²) < 4.78 is 19.4. The first kappa shape index (κ1) is 24.0. The molecule has 1 aliphatic heterocycles. The van der Waals surface area contributed by atoms with Crippen molar-refractivity contribution in [3.8, 4) is 0 Å². The summed E-state index contributed by atoms with van der Waals surface area (Å²) in [5.74, 6) is -1.00. The summed E-state index contributed by atoms with van der Waals surface area (Å²) >= 11 is 0. The summed E-state index contributed by atoms with van der Waals surface area (Å²) in [5.41, 5.74) is 2.80. The number of ether oxygens (including phenoxy) is 1. The SMILES string of the molecule is CC(=O)OC(C(=O)Nc1ccc(B2OC(C)(C)C(C)(C)O2)c(C)c1)c1cccc2cnn(C)c12. The van der Waals surface area contributed by atoms with Gasteiger partial charge in [0, 0.05) is 30.6 Å². The highest BCUT2D eigenvalue weighted by molar-refractivity contribution is 6.62. The highest BCUT2D eigenvalue weighted by Gasteiger charge is 2.52. The molecule has 0 aliphatic carbocycles. The molecular formula is C25H30BN3O5. The quantitative estimate of drug-likeness (QED) is 0.461. The third-order valence-electron chi connectivity index (χ3n) is 6.64. The fourth-order valence-corrected chi connectivity index (χ4v) is 4.10. The Balaban J connectivity index is 1.60. The summed E-state index contributed by atoms with van der Waals surface area (Å²) in [7, 11) is 1.29. The molecule has 0 saturated carbocycles. The number of carbonyl (C=O) groups excluding carboxylic acids is 2. The van der Waals surface area contributed by atoms with Crippen LogP contribution in [0.5, 0.6) is 0 Å². The molecule has 8 nitrogen and oxygen atoms in total. The molecule has 0 spiro atoms. The molecule has 34 heavy (non-hydrogen) atoms. The van der Waals surface area contributed by atoms with E-state index in [1.165, 1.54) is 6.92 Å². The molecule has 1 unspecified atom stereocenters. The molecule has 4 rings (SSSR count). The van der Waals surface area contributed by atoms with E-state index in [-0.39, 0.29) is 0 Å². The second kappa shape index (κ2) is 8.56. The van der Waals surface area contributed by atoms with E-state index in [0.29, 0.717) is 11.3 Å². The normalized spacial score (nSPS) is 17.6. The predicted octanol–water partition coefficient (Wildman–Crippen LogP) is 3.42. The van der Waals surface area contributed by atoms with Crippen LogP contribution in [-0.2, 0) is 30.7 Å². The Morgan fingerprint density at radius 3 is 2.41 bits per heavy atom. The first-order chi connectivity index (χ1) is 15.9. The van der Waals surface area contributed by atoms with Gasteiger partial charge in [-0.1, -0.05) is 24.3 Å². The fraction of sp³-hybridized carbons (Fsp3) is 0.400. The number of nitrogens with one attached hydrogen (secondary N) is 1. The molecule has 2 aromatic carbocycles. The molecule has 1 atom stereocenters. The molecule has 9 heteroatoms. The lowest BCUT2D eigenvalue weighted by atomic mass is 9.76. The zero-order valence-corrected chi connectivity index (χ0v) is 20.6. The van der Waals surface area contributed by atoms with Gasteiger partial charge in [0.25, 0.3) is 5.91 Å². The van der Waals surface area contributed by atoms with E-state index in [1.807, 2.05) is 58.9 Å². The van der Waals surface area contributed by atoms with E-state index in [9.17, 15) is 9.59 Å². The predicted molar refractivity (Wildman–Crippen MR) is 131 cm³/mol. The molecule has 3 aromatic rings. The molecule has 0 radical (unpaired) electrons. The molecule has 1 fully saturated rings. The highest BCUT2D eigenvalue weighted by Crippen LogP contribution is 2.37. The maximum absolute atomic E-state index is 13.3. The summed E-state index contributed by atoms with van der Waals surface area (Å²) in [5, 5.41) is 8.00. The highest BCUT2D eigenvalue weighted by atomic mass is 16.7. The third-order valence-corrected chi connectivity index (χ3v) is 6.64. The monoisotopic (exact) mass is 463 g/mol. The van der Waals surface area contributed by atoms with Crippen LogP contribution >= 0.6 is 0 Å². The molecule has 1 saturated heterocycles. The second-order valence-corrected chi connectivity index (χ2v) is 9.69. The van der Waals surface area contributed by atoms with Gasteiger partial charge in [-0.05, 0) is 57.8 Å². The van der Waals surface area contributed by atoms with Crippen molar-refractivity contribution in [2.75, 3.05) is 5.32 Å². The zero-order chi connectivity index (χ0) is 24.8. The largest absolute Gasteiger partial charge is 0.495 e. The van der Waals surface area contributed by atoms with Gasteiger partial charge in [-0.25, -0.2) is 0 Å². The Bertz CT molecular complexity index is 1250. The molecule has 1 aromatic heterocycles. The minimum atomic E-state index is -1.13. The van der Waals surface area contributed by atoms with Gasteiger partial charge in [0.05, 0.1) is 22.9 Å². The average molecular weight is 463 g/mol. The number of aromatic nitrogens is 2. The van der Waals surface area contributed by atoms with Crippen molar-refractivity contribution in [1.82, 2.24) is 9.78 Å². The van der Waals surface area contributed by atoms with Crippen molar-refractivity contribution in [3.05, 3.63) is 53.7 Å². The molecular weight excluding hydrogens is 433 g/mol. The van der Waals surface area contributed by atoms with Gasteiger partial charge in [-0.15, -0.1) is 0 Å². The van der Waals surface area contributed by atoms with Gasteiger partial charge < -0.3 is 19.4 Å². The van der Waals surface area contributed by atoms with Crippen molar-refractivity contribution in [2.45, 2.75) is 58.8 Å². The van der Waals surface area contributed by atoms with Crippen LogP contribution in [0.3, 0.4) is 0 Å². The summed E-state index contributed by atoms with van der Waals surface area (Å²) in [6.07, 6.45) is 0.582. The first-order valence-electron chi connectivity index (χ1n) is 11.2. The molecule has 1 aliphatic rings. The molecule has 0 bridgehead atoms. The topological polar surface area (TPSA) is 91.7 Å². The molecule has 2 heterocycles. The molecule has 1 N–H and O–H groups in total. The van der Waals surface area contributed by atoms with Gasteiger partial charge in [-0.3, -0.25) is 14.3 Å².